The minimum atomic E-state index is -7.08. The summed E-state index contributed by atoms with van der Waals surface area (Å²) in [5.74, 6) is -7.21. The van der Waals surface area contributed by atoms with Gasteiger partial charge in [0.25, 0.3) is 8.87 Å². The summed E-state index contributed by atoms with van der Waals surface area (Å²) in [6.45, 7) is 0. The van der Waals surface area contributed by atoms with E-state index in [1.165, 1.54) is 0 Å². The quantitative estimate of drug-likeness (QED) is 0.163. The van der Waals surface area contributed by atoms with Gasteiger partial charge in [0.15, 0.2) is 0 Å². The van der Waals surface area contributed by atoms with Crippen molar-refractivity contribution in [2.45, 2.75) is 135 Å². The highest BCUT2D eigenvalue weighted by Crippen LogP contribution is 2.56. The second-order valence-corrected chi connectivity index (χ2v) is 16.9. The molecule has 0 spiro atoms. The van der Waals surface area contributed by atoms with Gasteiger partial charge in [-0.15, -0.1) is 0 Å². The molecule has 3 fully saturated rings. The first kappa shape index (κ1) is 32.9. The van der Waals surface area contributed by atoms with Crippen molar-refractivity contribution in [3.05, 3.63) is 28.8 Å². The first-order valence-corrected chi connectivity index (χ1v) is 18.5. The van der Waals surface area contributed by atoms with Crippen molar-refractivity contribution in [3.8, 4) is 0 Å². The molecule has 234 valence electrons. The van der Waals surface area contributed by atoms with Crippen molar-refractivity contribution in [1.82, 2.24) is 0 Å². The van der Waals surface area contributed by atoms with Gasteiger partial charge in [-0.25, -0.2) is 8.42 Å². The Balaban J connectivity index is 1.87. The van der Waals surface area contributed by atoms with Crippen LogP contribution in [0.25, 0.3) is 0 Å². The molecule has 3 aliphatic carbocycles. The standard InChI is InChI=1S/C27H36F6O5S3/c28-25(29,26(30,31)40(34,35)36)27(32,33)41(37,38)39-24-22(19-12-6-2-7-13-19)16-21(18-10-4-1-5-11-18)17-23(24)20-14-8-3-9-15-20/h16-20H,1-15H2,(H,34,35,36). The predicted molar refractivity (Wildman–Crippen MR) is 145 cm³/mol. The highest BCUT2D eigenvalue weighted by Gasteiger charge is 2.82. The molecule has 1 aromatic rings. The lowest BCUT2D eigenvalue weighted by atomic mass is 9.76. The van der Waals surface area contributed by atoms with Gasteiger partial charge >= 0.3 is 26.5 Å². The molecular formula is C27H36F6O5S3. The minimum Gasteiger partial charge on any atom is -0.281 e. The van der Waals surface area contributed by atoms with Gasteiger partial charge in [-0.05, 0) is 73.0 Å². The van der Waals surface area contributed by atoms with Crippen LogP contribution in [0.15, 0.2) is 17.0 Å². The maximum Gasteiger partial charge on any atom is 0.439 e. The highest BCUT2D eigenvalue weighted by atomic mass is 33.1. The maximum absolute atomic E-state index is 15.0. The van der Waals surface area contributed by atoms with Crippen molar-refractivity contribution in [2.24, 2.45) is 0 Å². The number of rotatable bonds is 9. The van der Waals surface area contributed by atoms with Crippen LogP contribution in [0, 0.1) is 0 Å². The van der Waals surface area contributed by atoms with E-state index in [9.17, 15) is 43.2 Å². The van der Waals surface area contributed by atoms with Crippen LogP contribution in [0.3, 0.4) is 0 Å². The van der Waals surface area contributed by atoms with Crippen LogP contribution in [0.1, 0.15) is 131 Å². The first-order valence-electron chi connectivity index (χ1n) is 14.2. The molecule has 0 bridgehead atoms. The average molecular weight is 651 g/mol. The molecule has 0 radical (unpaired) electrons. The lowest BCUT2D eigenvalue weighted by molar-refractivity contribution is -0.244. The largest absolute Gasteiger partial charge is 0.439 e. The Hall–Kier alpha value is -0.990. The highest BCUT2D eigenvalue weighted by molar-refractivity contribution is 8.72. The zero-order chi connectivity index (χ0) is 30.3. The molecular weight excluding hydrogens is 614 g/mol. The Kier molecular flexibility index (Phi) is 9.78. The Morgan fingerprint density at radius 3 is 1.34 bits per heavy atom. The fraction of sp³-hybridized carbons (Fsp3) is 0.778. The summed E-state index contributed by atoms with van der Waals surface area (Å²) in [5, 5.41) is -13.3. The maximum atomic E-state index is 15.0. The first-order chi connectivity index (χ1) is 19.0. The van der Waals surface area contributed by atoms with Gasteiger partial charge in [-0.1, -0.05) is 69.9 Å². The molecule has 0 amide bonds. The SMILES string of the molecule is O=S(=O)(O)C(F)(F)C(F)(F)C(F)(F)S(=O)(=O)Sc1c(C2CCCCC2)cc(C2CCCCC2)cc1C1CCCCC1. The third-order valence-electron chi connectivity index (χ3n) is 8.90. The molecule has 0 atom stereocenters. The van der Waals surface area contributed by atoms with Crippen LogP contribution in [0.2, 0.25) is 0 Å². The molecule has 14 heteroatoms. The van der Waals surface area contributed by atoms with Crippen molar-refractivity contribution in [1.29, 1.82) is 0 Å². The molecule has 1 N–H and O–H groups in total. The summed E-state index contributed by atoms with van der Waals surface area (Å²) in [5.41, 5.74) is 1.88. The van der Waals surface area contributed by atoms with Gasteiger partial charge in [0.1, 0.15) is 0 Å². The minimum absolute atomic E-state index is 0.131. The van der Waals surface area contributed by atoms with Gasteiger partial charge in [0.05, 0.1) is 0 Å². The number of alkyl halides is 6. The molecule has 5 nitrogen and oxygen atoms in total. The van der Waals surface area contributed by atoms with Crippen LogP contribution in [0.4, 0.5) is 26.3 Å². The van der Waals surface area contributed by atoms with E-state index in [0.29, 0.717) is 36.8 Å². The van der Waals surface area contributed by atoms with Crippen molar-refractivity contribution < 1.29 is 47.7 Å². The Morgan fingerprint density at radius 1 is 0.610 bits per heavy atom. The van der Waals surface area contributed by atoms with E-state index in [1.54, 1.807) is 12.1 Å². The van der Waals surface area contributed by atoms with E-state index < -0.39 is 46.2 Å². The second-order valence-electron chi connectivity index (χ2n) is 11.7. The smallest absolute Gasteiger partial charge is 0.281 e. The van der Waals surface area contributed by atoms with Crippen LogP contribution in [-0.2, 0) is 19.0 Å². The van der Waals surface area contributed by atoms with Crippen molar-refractivity contribution in [2.75, 3.05) is 0 Å². The summed E-state index contributed by atoms with van der Waals surface area (Å²) in [6, 6.07) is 3.61. The Labute approximate surface area is 241 Å². The number of hydrogen-bond donors (Lipinski definition) is 1. The van der Waals surface area contributed by atoms with Crippen molar-refractivity contribution >= 4 is 29.8 Å². The number of benzene rings is 1. The van der Waals surface area contributed by atoms with Gasteiger partial charge in [0.2, 0.25) is 0 Å². The van der Waals surface area contributed by atoms with E-state index in [4.69, 9.17) is 4.55 Å². The van der Waals surface area contributed by atoms with E-state index in [0.717, 1.165) is 76.2 Å². The summed E-state index contributed by atoms with van der Waals surface area (Å²) >= 11 is 0. The lowest BCUT2D eigenvalue weighted by Crippen LogP contribution is -2.59. The third-order valence-corrected chi connectivity index (χ3v) is 13.3. The fourth-order valence-corrected chi connectivity index (χ4v) is 10.3. The number of hydrogen-bond acceptors (Lipinski definition) is 5. The predicted octanol–water partition coefficient (Wildman–Crippen LogP) is 8.96. The summed E-state index contributed by atoms with van der Waals surface area (Å²) in [4.78, 5) is -0.131. The van der Waals surface area contributed by atoms with E-state index in [-0.39, 0.29) is 22.6 Å². The van der Waals surface area contributed by atoms with Crippen LogP contribution < -0.4 is 0 Å². The van der Waals surface area contributed by atoms with E-state index >= 15 is 0 Å². The molecule has 0 heterocycles. The molecule has 3 aliphatic rings. The van der Waals surface area contributed by atoms with Gasteiger partial charge in [0, 0.05) is 15.7 Å². The molecule has 41 heavy (non-hydrogen) atoms. The zero-order valence-corrected chi connectivity index (χ0v) is 25.0. The van der Waals surface area contributed by atoms with Crippen molar-refractivity contribution in [3.63, 3.8) is 0 Å². The van der Waals surface area contributed by atoms with Crippen LogP contribution in [0.5, 0.6) is 0 Å². The molecule has 0 saturated heterocycles. The molecule has 3 saturated carbocycles. The van der Waals surface area contributed by atoms with E-state index in [1.807, 2.05) is 0 Å². The molecule has 1 aromatic carbocycles. The van der Waals surface area contributed by atoms with Crippen LogP contribution in [-0.4, -0.2) is 37.8 Å². The summed E-state index contributed by atoms with van der Waals surface area (Å²) in [6.07, 6.45) is 12.6. The molecule has 0 aromatic heterocycles. The topological polar surface area (TPSA) is 88.5 Å². The second kappa shape index (κ2) is 12.2. The van der Waals surface area contributed by atoms with Gasteiger partial charge in [-0.2, -0.15) is 34.8 Å². The normalized spacial score (nSPS) is 21.7. The molecule has 0 unspecified atom stereocenters. The Morgan fingerprint density at radius 2 is 0.976 bits per heavy atom. The van der Waals surface area contributed by atoms with Gasteiger partial charge in [-0.3, -0.25) is 4.55 Å². The van der Waals surface area contributed by atoms with Crippen LogP contribution >= 0.6 is 10.8 Å². The van der Waals surface area contributed by atoms with E-state index in [2.05, 4.69) is 0 Å². The lowest BCUT2D eigenvalue weighted by Gasteiger charge is -2.33. The fourth-order valence-electron chi connectivity index (χ4n) is 6.55. The van der Waals surface area contributed by atoms with Gasteiger partial charge < -0.3 is 0 Å². The molecule has 0 aliphatic heterocycles. The average Bonchev–Trinajstić information content (AvgIpc) is 2.93. The third kappa shape index (κ3) is 6.31. The monoisotopic (exact) mass is 650 g/mol. The Bertz CT molecular complexity index is 1260. The summed E-state index contributed by atoms with van der Waals surface area (Å²) < 4.78 is 143. The summed E-state index contributed by atoms with van der Waals surface area (Å²) in [7, 11) is -14.1. The molecule has 4 rings (SSSR count). The zero-order valence-electron chi connectivity index (χ0n) is 22.6. The number of halogens is 6.